The molecule has 2 heterocycles. The van der Waals surface area contributed by atoms with E-state index < -0.39 is 0 Å². The molecule has 0 unspecified atom stereocenters. The van der Waals surface area contributed by atoms with Gasteiger partial charge in [-0.1, -0.05) is 12.1 Å². The zero-order valence-corrected chi connectivity index (χ0v) is 12.8. The first kappa shape index (κ1) is 14.7. The van der Waals surface area contributed by atoms with Gasteiger partial charge < -0.3 is 19.5 Å². The van der Waals surface area contributed by atoms with Gasteiger partial charge >= 0.3 is 0 Å². The van der Waals surface area contributed by atoms with Gasteiger partial charge in [0.2, 0.25) is 5.88 Å². The monoisotopic (exact) mass is 300 g/mol. The summed E-state index contributed by atoms with van der Waals surface area (Å²) in [5.41, 5.74) is 2.16. The number of hydrogen-bond acceptors (Lipinski definition) is 5. The molecule has 116 valence electrons. The van der Waals surface area contributed by atoms with Crippen molar-refractivity contribution in [2.24, 2.45) is 0 Å². The first-order chi connectivity index (χ1) is 10.8. The van der Waals surface area contributed by atoms with E-state index in [9.17, 15) is 0 Å². The summed E-state index contributed by atoms with van der Waals surface area (Å²) in [6.07, 6.45) is 0.934. The largest absolute Gasteiger partial charge is 0.497 e. The molecule has 5 nitrogen and oxygen atoms in total. The maximum Gasteiger partial charge on any atom is 0.213 e. The number of hydrogen-bond donors (Lipinski definition) is 1. The van der Waals surface area contributed by atoms with Crippen molar-refractivity contribution in [1.29, 1.82) is 0 Å². The van der Waals surface area contributed by atoms with Crippen LogP contribution < -0.4 is 19.5 Å². The van der Waals surface area contributed by atoms with E-state index in [0.29, 0.717) is 19.0 Å². The lowest BCUT2D eigenvalue weighted by Gasteiger charge is -2.26. The molecule has 0 bridgehead atoms. The predicted octanol–water partition coefficient (Wildman–Crippen LogP) is 2.19. The SMILES string of the molecule is COc1ccc2c(c1)OC[C@@H](NCc1cccc(OC)n1)C2. The Hall–Kier alpha value is -2.27. The van der Waals surface area contributed by atoms with E-state index in [2.05, 4.69) is 16.4 Å². The first-order valence-corrected chi connectivity index (χ1v) is 7.31. The van der Waals surface area contributed by atoms with Crippen molar-refractivity contribution in [2.75, 3.05) is 20.8 Å². The zero-order valence-electron chi connectivity index (χ0n) is 12.8. The molecule has 0 aliphatic carbocycles. The molecule has 2 aromatic rings. The highest BCUT2D eigenvalue weighted by Gasteiger charge is 2.20. The molecule has 1 aliphatic heterocycles. The van der Waals surface area contributed by atoms with Crippen molar-refractivity contribution < 1.29 is 14.2 Å². The van der Waals surface area contributed by atoms with E-state index in [4.69, 9.17) is 14.2 Å². The number of methoxy groups -OCH3 is 2. The Morgan fingerprint density at radius 3 is 2.95 bits per heavy atom. The lowest BCUT2D eigenvalue weighted by Crippen LogP contribution is -2.39. The third kappa shape index (κ3) is 3.31. The highest BCUT2D eigenvalue weighted by Crippen LogP contribution is 2.29. The number of nitrogens with zero attached hydrogens (tertiary/aromatic N) is 1. The summed E-state index contributed by atoms with van der Waals surface area (Å²) in [4.78, 5) is 4.40. The minimum Gasteiger partial charge on any atom is -0.497 e. The number of aromatic nitrogens is 1. The van der Waals surface area contributed by atoms with Gasteiger partial charge in [0, 0.05) is 24.7 Å². The van der Waals surface area contributed by atoms with Gasteiger partial charge in [-0.15, -0.1) is 0 Å². The Kier molecular flexibility index (Phi) is 4.44. The molecule has 1 atom stereocenters. The van der Waals surface area contributed by atoms with Crippen molar-refractivity contribution in [2.45, 2.75) is 19.0 Å². The average molecular weight is 300 g/mol. The molecule has 0 fully saturated rings. The minimum atomic E-state index is 0.272. The van der Waals surface area contributed by atoms with Crippen LogP contribution in [0.25, 0.3) is 0 Å². The second-order valence-corrected chi connectivity index (χ2v) is 5.24. The Morgan fingerprint density at radius 2 is 2.14 bits per heavy atom. The van der Waals surface area contributed by atoms with Crippen LogP contribution in [0.3, 0.4) is 0 Å². The van der Waals surface area contributed by atoms with E-state index in [1.165, 1.54) is 5.56 Å². The number of nitrogens with one attached hydrogen (secondary N) is 1. The van der Waals surface area contributed by atoms with Gasteiger partial charge in [0.1, 0.15) is 18.1 Å². The van der Waals surface area contributed by atoms with Crippen LogP contribution in [-0.4, -0.2) is 31.9 Å². The molecule has 0 saturated heterocycles. The lowest BCUT2D eigenvalue weighted by molar-refractivity contribution is 0.236. The third-order valence-corrected chi connectivity index (χ3v) is 3.74. The van der Waals surface area contributed by atoms with Crippen LogP contribution in [-0.2, 0) is 13.0 Å². The van der Waals surface area contributed by atoms with Gasteiger partial charge in [-0.3, -0.25) is 0 Å². The van der Waals surface area contributed by atoms with Gasteiger partial charge in [-0.05, 0) is 24.1 Å². The highest BCUT2D eigenvalue weighted by atomic mass is 16.5. The van der Waals surface area contributed by atoms with Crippen LogP contribution in [0.2, 0.25) is 0 Å². The number of fused-ring (bicyclic) bond motifs is 1. The molecule has 0 radical (unpaired) electrons. The Bertz CT molecular complexity index is 646. The highest BCUT2D eigenvalue weighted by molar-refractivity contribution is 5.42. The summed E-state index contributed by atoms with van der Waals surface area (Å²) in [6, 6.07) is 12.0. The molecule has 5 heteroatoms. The number of pyridine rings is 1. The van der Waals surface area contributed by atoms with E-state index in [1.807, 2.05) is 30.3 Å². The molecular formula is C17H20N2O3. The Labute approximate surface area is 130 Å². The maximum absolute atomic E-state index is 5.82. The van der Waals surface area contributed by atoms with E-state index >= 15 is 0 Å². The number of rotatable bonds is 5. The molecule has 3 rings (SSSR count). The fourth-order valence-electron chi connectivity index (χ4n) is 2.53. The van der Waals surface area contributed by atoms with Crippen LogP contribution in [0, 0.1) is 0 Å². The molecule has 0 amide bonds. The van der Waals surface area contributed by atoms with Crippen molar-refractivity contribution in [3.8, 4) is 17.4 Å². The van der Waals surface area contributed by atoms with Gasteiger partial charge in [0.05, 0.1) is 19.9 Å². The topological polar surface area (TPSA) is 52.6 Å². The standard InChI is InChI=1S/C17H20N2O3/c1-20-15-7-6-12-8-14(11-22-16(12)9-15)18-10-13-4-3-5-17(19-13)21-2/h3-7,9,14,18H,8,10-11H2,1-2H3/t14-/m0/s1. The molecule has 1 aromatic heterocycles. The fourth-order valence-corrected chi connectivity index (χ4v) is 2.53. The fraction of sp³-hybridized carbons (Fsp3) is 0.353. The van der Waals surface area contributed by atoms with E-state index in [-0.39, 0.29) is 6.04 Å². The quantitative estimate of drug-likeness (QED) is 0.917. The van der Waals surface area contributed by atoms with Crippen molar-refractivity contribution >= 4 is 0 Å². The van der Waals surface area contributed by atoms with Crippen molar-refractivity contribution in [3.05, 3.63) is 47.7 Å². The molecule has 1 N–H and O–H groups in total. The Balaban J connectivity index is 1.60. The van der Waals surface area contributed by atoms with Crippen molar-refractivity contribution in [3.63, 3.8) is 0 Å². The zero-order chi connectivity index (χ0) is 15.4. The predicted molar refractivity (Wildman–Crippen MR) is 83.6 cm³/mol. The van der Waals surface area contributed by atoms with Crippen LogP contribution in [0.5, 0.6) is 17.4 Å². The summed E-state index contributed by atoms with van der Waals surface area (Å²) in [5.74, 6) is 2.37. The second kappa shape index (κ2) is 6.66. The van der Waals surface area contributed by atoms with Gasteiger partial charge in [-0.25, -0.2) is 4.98 Å². The van der Waals surface area contributed by atoms with E-state index in [1.54, 1.807) is 14.2 Å². The van der Waals surface area contributed by atoms with Crippen LogP contribution in [0.1, 0.15) is 11.3 Å². The molecule has 1 aliphatic rings. The normalized spacial score (nSPS) is 16.5. The van der Waals surface area contributed by atoms with Crippen LogP contribution in [0.4, 0.5) is 0 Å². The lowest BCUT2D eigenvalue weighted by atomic mass is 10.0. The summed E-state index contributed by atoms with van der Waals surface area (Å²) >= 11 is 0. The molecule has 0 saturated carbocycles. The summed E-state index contributed by atoms with van der Waals surface area (Å²) in [7, 11) is 3.29. The van der Waals surface area contributed by atoms with Crippen LogP contribution >= 0.6 is 0 Å². The van der Waals surface area contributed by atoms with Gasteiger partial charge in [-0.2, -0.15) is 0 Å². The second-order valence-electron chi connectivity index (χ2n) is 5.24. The van der Waals surface area contributed by atoms with Gasteiger partial charge in [0.15, 0.2) is 0 Å². The minimum absolute atomic E-state index is 0.272. The molecule has 22 heavy (non-hydrogen) atoms. The summed E-state index contributed by atoms with van der Waals surface area (Å²) in [6.45, 7) is 1.33. The van der Waals surface area contributed by atoms with Crippen LogP contribution in [0.15, 0.2) is 36.4 Å². The smallest absolute Gasteiger partial charge is 0.213 e. The molecule has 1 aromatic carbocycles. The number of benzene rings is 1. The summed E-state index contributed by atoms with van der Waals surface area (Å²) in [5, 5.41) is 3.48. The first-order valence-electron chi connectivity index (χ1n) is 7.31. The van der Waals surface area contributed by atoms with E-state index in [0.717, 1.165) is 23.6 Å². The average Bonchev–Trinajstić information content (AvgIpc) is 2.59. The molecular weight excluding hydrogens is 280 g/mol. The summed E-state index contributed by atoms with van der Waals surface area (Å²) < 4.78 is 16.2. The maximum atomic E-state index is 5.82. The third-order valence-electron chi connectivity index (χ3n) is 3.74. The Morgan fingerprint density at radius 1 is 1.23 bits per heavy atom. The molecule has 0 spiro atoms. The van der Waals surface area contributed by atoms with Crippen molar-refractivity contribution in [1.82, 2.24) is 10.3 Å². The number of ether oxygens (including phenoxy) is 3. The van der Waals surface area contributed by atoms with Gasteiger partial charge in [0.25, 0.3) is 0 Å².